The Morgan fingerprint density at radius 2 is 1.26 bits per heavy atom. The second-order valence-corrected chi connectivity index (χ2v) is 15.6. The molecule has 0 unspecified atom stereocenters. The molecular formula is C43H68O7. The van der Waals surface area contributed by atoms with Gasteiger partial charge in [0.1, 0.15) is 5.75 Å². The first-order chi connectivity index (χ1) is 24.1. The fourth-order valence-electron chi connectivity index (χ4n) is 8.27. The van der Waals surface area contributed by atoms with E-state index in [1.807, 2.05) is 6.92 Å². The molecule has 0 aliphatic heterocycles. The molecule has 0 spiro atoms. The van der Waals surface area contributed by atoms with E-state index in [2.05, 4.69) is 32.2 Å². The van der Waals surface area contributed by atoms with Gasteiger partial charge in [0.15, 0.2) is 0 Å². The van der Waals surface area contributed by atoms with E-state index in [1.165, 1.54) is 69.8 Å². The number of aliphatic hydroxyl groups is 2. The third-order valence-corrected chi connectivity index (χ3v) is 11.5. The highest BCUT2D eigenvalue weighted by atomic mass is 16.5. The minimum absolute atomic E-state index is 0.115. The van der Waals surface area contributed by atoms with Crippen LogP contribution in [0.15, 0.2) is 36.4 Å². The van der Waals surface area contributed by atoms with Crippen LogP contribution < -0.4 is 4.74 Å². The predicted molar refractivity (Wildman–Crippen MR) is 201 cm³/mol. The fraction of sp³-hybridized carbons (Fsp3) is 0.721. The number of benzene rings is 1. The van der Waals surface area contributed by atoms with Crippen molar-refractivity contribution in [2.24, 2.45) is 23.2 Å². The molecule has 7 heteroatoms. The minimum atomic E-state index is -0.615. The zero-order valence-electron chi connectivity index (χ0n) is 31.9. The molecule has 2 saturated carbocycles. The highest BCUT2D eigenvalue weighted by molar-refractivity contribution is 5.87. The summed E-state index contributed by atoms with van der Waals surface area (Å²) in [6.07, 6.45) is 18.9. The van der Waals surface area contributed by atoms with Gasteiger partial charge in [-0.05, 0) is 106 Å². The molecular weight excluding hydrogens is 628 g/mol. The Morgan fingerprint density at radius 1 is 0.740 bits per heavy atom. The average Bonchev–Trinajstić information content (AvgIpc) is 3.12. The van der Waals surface area contributed by atoms with Crippen molar-refractivity contribution >= 4 is 11.9 Å². The highest BCUT2D eigenvalue weighted by Gasteiger charge is 2.32. The third kappa shape index (κ3) is 12.8. The third-order valence-electron chi connectivity index (χ3n) is 11.5. The minimum Gasteiger partial charge on any atom is -0.493 e. The Bertz CT molecular complexity index is 1160. The van der Waals surface area contributed by atoms with E-state index >= 15 is 0 Å². The molecule has 1 aromatic rings. The molecule has 0 saturated heterocycles. The van der Waals surface area contributed by atoms with Crippen molar-refractivity contribution in [3.63, 3.8) is 0 Å². The summed E-state index contributed by atoms with van der Waals surface area (Å²) in [5, 5.41) is 20.3. The van der Waals surface area contributed by atoms with Crippen LogP contribution in [0.25, 0.3) is 0 Å². The summed E-state index contributed by atoms with van der Waals surface area (Å²) in [6, 6.07) is 4.47. The maximum Gasteiger partial charge on any atom is 0.333 e. The summed E-state index contributed by atoms with van der Waals surface area (Å²) in [4.78, 5) is 24.5. The van der Waals surface area contributed by atoms with E-state index in [9.17, 15) is 19.8 Å². The molecule has 0 atom stereocenters. The number of hydrogen-bond acceptors (Lipinski definition) is 7. The number of esters is 2. The van der Waals surface area contributed by atoms with Crippen LogP contribution in [0, 0.1) is 23.2 Å². The fourth-order valence-corrected chi connectivity index (χ4v) is 8.27. The maximum absolute atomic E-state index is 12.3. The summed E-state index contributed by atoms with van der Waals surface area (Å²) in [5.41, 5.74) is 3.28. The quantitative estimate of drug-likeness (QED) is 0.0708. The van der Waals surface area contributed by atoms with Crippen LogP contribution in [0.1, 0.15) is 147 Å². The molecule has 2 aliphatic carbocycles. The smallest absolute Gasteiger partial charge is 0.333 e. The molecule has 0 bridgehead atoms. The van der Waals surface area contributed by atoms with Gasteiger partial charge in [0.2, 0.25) is 0 Å². The Labute approximate surface area is 303 Å². The standard InChI is InChI=1S/C43H68O7/c1-7-9-10-11-33-12-14-34(15-13-33)35-16-18-36(19-17-35)39-27-37(20-24-49-41(46)31(3)4)40(38(28-39)21-25-50-42(47)32(5)6)48-26-23-43(29-44,30-45)22-8-2/h27-28,33-36,44-45H,3,5,7-26,29-30H2,1-2,4,6H3. The van der Waals surface area contributed by atoms with Crippen LogP contribution in [-0.4, -0.2) is 55.2 Å². The number of unbranched alkanes of at least 4 members (excludes halogenated alkanes) is 2. The first-order valence-electron chi connectivity index (χ1n) is 19.7. The van der Waals surface area contributed by atoms with Crippen LogP contribution in [0.3, 0.4) is 0 Å². The van der Waals surface area contributed by atoms with E-state index in [4.69, 9.17) is 14.2 Å². The van der Waals surface area contributed by atoms with Crippen LogP contribution in [0.4, 0.5) is 0 Å². The monoisotopic (exact) mass is 696 g/mol. The van der Waals surface area contributed by atoms with Crippen LogP contribution in [0.5, 0.6) is 5.75 Å². The molecule has 1 aromatic carbocycles. The number of aliphatic hydroxyl groups excluding tert-OH is 2. The molecule has 0 heterocycles. The lowest BCUT2D eigenvalue weighted by Gasteiger charge is -2.38. The van der Waals surface area contributed by atoms with Crippen LogP contribution in [0.2, 0.25) is 0 Å². The topological polar surface area (TPSA) is 102 Å². The van der Waals surface area contributed by atoms with E-state index in [0.717, 1.165) is 48.1 Å². The van der Waals surface area contributed by atoms with Crippen molar-refractivity contribution in [3.8, 4) is 5.75 Å². The molecule has 7 nitrogen and oxygen atoms in total. The average molecular weight is 697 g/mol. The van der Waals surface area contributed by atoms with Gasteiger partial charge in [0.25, 0.3) is 0 Å². The Morgan fingerprint density at radius 3 is 1.72 bits per heavy atom. The molecule has 2 aliphatic rings. The normalized spacial score (nSPS) is 21.0. The number of carbonyl (C=O) groups excluding carboxylic acids is 2. The lowest BCUT2D eigenvalue weighted by atomic mass is 9.67. The van der Waals surface area contributed by atoms with E-state index in [-0.39, 0.29) is 26.4 Å². The van der Waals surface area contributed by atoms with Crippen LogP contribution in [-0.2, 0) is 31.9 Å². The lowest BCUT2D eigenvalue weighted by molar-refractivity contribution is -0.139. The predicted octanol–water partition coefficient (Wildman–Crippen LogP) is 9.21. The van der Waals surface area contributed by atoms with Gasteiger partial charge < -0.3 is 24.4 Å². The molecule has 2 N–H and O–H groups in total. The molecule has 50 heavy (non-hydrogen) atoms. The molecule has 2 fully saturated rings. The first kappa shape index (κ1) is 41.8. The van der Waals surface area contributed by atoms with Gasteiger partial charge in [0, 0.05) is 29.4 Å². The first-order valence-corrected chi connectivity index (χ1v) is 19.7. The Hall–Kier alpha value is -2.64. The SMILES string of the molecule is C=C(C)C(=O)OCCc1cc(C2CCC(C3CCC(CCCCC)CC3)CC2)cc(CCOC(=O)C(=C)C)c1OCCC(CO)(CO)CCC. The van der Waals surface area contributed by atoms with E-state index < -0.39 is 17.4 Å². The van der Waals surface area contributed by atoms with Crippen molar-refractivity contribution in [2.45, 2.75) is 143 Å². The summed E-state index contributed by atoms with van der Waals surface area (Å²) < 4.78 is 17.6. The molecule has 0 amide bonds. The van der Waals surface area contributed by atoms with Crippen molar-refractivity contribution < 1.29 is 34.0 Å². The van der Waals surface area contributed by atoms with Gasteiger partial charge in [-0.15, -0.1) is 0 Å². The van der Waals surface area contributed by atoms with Crippen LogP contribution >= 0.6 is 0 Å². The van der Waals surface area contributed by atoms with E-state index in [1.54, 1.807) is 13.8 Å². The summed E-state index contributed by atoms with van der Waals surface area (Å²) in [5.74, 6) is 2.92. The van der Waals surface area contributed by atoms with E-state index in [0.29, 0.717) is 55.1 Å². The summed E-state index contributed by atoms with van der Waals surface area (Å²) >= 11 is 0. The number of carbonyl (C=O) groups is 2. The maximum atomic E-state index is 12.3. The van der Waals surface area contributed by atoms with Gasteiger partial charge in [-0.2, -0.15) is 0 Å². The van der Waals surface area contributed by atoms with Crippen molar-refractivity contribution in [1.82, 2.24) is 0 Å². The zero-order chi connectivity index (χ0) is 36.5. The van der Waals surface area contributed by atoms with Crippen molar-refractivity contribution in [3.05, 3.63) is 53.1 Å². The van der Waals surface area contributed by atoms with Gasteiger partial charge in [-0.25, -0.2) is 9.59 Å². The molecule has 282 valence electrons. The zero-order valence-corrected chi connectivity index (χ0v) is 31.9. The number of hydrogen-bond donors (Lipinski definition) is 2. The van der Waals surface area contributed by atoms with Gasteiger partial charge >= 0.3 is 11.9 Å². The lowest BCUT2D eigenvalue weighted by Crippen LogP contribution is -2.32. The summed E-state index contributed by atoms with van der Waals surface area (Å²) in [7, 11) is 0. The van der Waals surface area contributed by atoms with Crippen molar-refractivity contribution in [2.75, 3.05) is 33.0 Å². The second kappa shape index (κ2) is 21.7. The largest absolute Gasteiger partial charge is 0.493 e. The number of rotatable bonds is 22. The Balaban J connectivity index is 1.81. The molecule has 0 radical (unpaired) electrons. The Kier molecular flexibility index (Phi) is 18.1. The second-order valence-electron chi connectivity index (χ2n) is 15.6. The van der Waals surface area contributed by atoms with Gasteiger partial charge in [-0.3, -0.25) is 0 Å². The van der Waals surface area contributed by atoms with Gasteiger partial charge in [-0.1, -0.05) is 84.1 Å². The van der Waals surface area contributed by atoms with Crippen molar-refractivity contribution in [1.29, 1.82) is 0 Å². The molecule has 0 aromatic heterocycles. The number of ether oxygens (including phenoxy) is 3. The summed E-state index contributed by atoms with van der Waals surface area (Å²) in [6.45, 7) is 15.5. The molecule has 3 rings (SSSR count). The van der Waals surface area contributed by atoms with Gasteiger partial charge in [0.05, 0.1) is 33.0 Å². The highest BCUT2D eigenvalue weighted by Crippen LogP contribution is 2.45.